The van der Waals surface area contributed by atoms with E-state index >= 15 is 0 Å². The Balaban J connectivity index is 1.67. The smallest absolute Gasteiger partial charge is 0.274 e. The van der Waals surface area contributed by atoms with Crippen LogP contribution in [0, 0.1) is 5.82 Å². The summed E-state index contributed by atoms with van der Waals surface area (Å²) in [4.78, 5) is 39.5. The summed E-state index contributed by atoms with van der Waals surface area (Å²) in [6.45, 7) is 0.878. The first-order valence-corrected chi connectivity index (χ1v) is 9.74. The van der Waals surface area contributed by atoms with Crippen molar-refractivity contribution < 1.29 is 19.1 Å². The van der Waals surface area contributed by atoms with Crippen LogP contribution >= 0.6 is 11.6 Å². The third-order valence-corrected chi connectivity index (χ3v) is 5.75. The number of rotatable bonds is 3. The zero-order valence-electron chi connectivity index (χ0n) is 15.5. The van der Waals surface area contributed by atoms with E-state index in [2.05, 4.69) is 5.32 Å². The average Bonchev–Trinajstić information content (AvgIpc) is 2.93. The number of carbonyl (C=O) groups excluding carboxylic acids is 2. The van der Waals surface area contributed by atoms with Crippen molar-refractivity contribution >= 4 is 23.4 Å². The number of fused-ring (bicyclic) bond motifs is 4. The van der Waals surface area contributed by atoms with Crippen molar-refractivity contribution in [2.45, 2.75) is 31.8 Å². The summed E-state index contributed by atoms with van der Waals surface area (Å²) in [5.41, 5.74) is -1.12. The van der Waals surface area contributed by atoms with Crippen LogP contribution in [0.3, 0.4) is 0 Å². The van der Waals surface area contributed by atoms with E-state index in [9.17, 15) is 23.9 Å². The molecule has 7 nitrogen and oxygen atoms in total. The van der Waals surface area contributed by atoms with Gasteiger partial charge in [-0.15, -0.1) is 0 Å². The molecule has 1 aromatic carbocycles. The van der Waals surface area contributed by atoms with Gasteiger partial charge in [0.1, 0.15) is 11.4 Å². The Bertz CT molecular complexity index is 1070. The molecule has 1 unspecified atom stereocenters. The van der Waals surface area contributed by atoms with Crippen molar-refractivity contribution in [1.29, 1.82) is 0 Å². The molecule has 29 heavy (non-hydrogen) atoms. The number of hydrogen-bond donors (Lipinski definition) is 2. The zero-order chi connectivity index (χ0) is 20.7. The number of halogens is 2. The minimum Gasteiger partial charge on any atom is -0.503 e. The molecule has 2 aliphatic rings. The van der Waals surface area contributed by atoms with Crippen LogP contribution < -0.4 is 10.7 Å². The second kappa shape index (κ2) is 7.51. The summed E-state index contributed by atoms with van der Waals surface area (Å²) < 4.78 is 15.6. The van der Waals surface area contributed by atoms with Gasteiger partial charge < -0.3 is 19.9 Å². The summed E-state index contributed by atoms with van der Waals surface area (Å²) in [6.07, 6.45) is 3.84. The van der Waals surface area contributed by atoms with Gasteiger partial charge in [-0.1, -0.05) is 23.7 Å². The molecular formula is C20H19ClFN3O4. The number of aromatic hydroxyl groups is 1. The van der Waals surface area contributed by atoms with Crippen LogP contribution in [0.15, 0.2) is 29.2 Å². The molecule has 0 saturated carbocycles. The maximum Gasteiger partial charge on any atom is 0.274 e. The Morgan fingerprint density at radius 3 is 2.90 bits per heavy atom. The lowest BCUT2D eigenvalue weighted by Crippen LogP contribution is -2.44. The van der Waals surface area contributed by atoms with Crippen LogP contribution in [0.2, 0.25) is 5.02 Å². The first-order valence-electron chi connectivity index (χ1n) is 9.37. The van der Waals surface area contributed by atoms with Gasteiger partial charge in [0, 0.05) is 31.4 Å². The lowest BCUT2D eigenvalue weighted by atomic mass is 10.1. The summed E-state index contributed by atoms with van der Waals surface area (Å²) in [5.74, 6) is -2.55. The molecule has 2 aromatic rings. The number of amides is 2. The topological polar surface area (TPSA) is 91.6 Å². The predicted molar refractivity (Wildman–Crippen MR) is 104 cm³/mol. The van der Waals surface area contributed by atoms with E-state index in [-0.39, 0.29) is 34.4 Å². The summed E-state index contributed by atoms with van der Waals surface area (Å²) in [6, 6.07) is 4.30. The van der Waals surface area contributed by atoms with Crippen molar-refractivity contribution in [2.75, 3.05) is 13.1 Å². The van der Waals surface area contributed by atoms with Crippen LogP contribution in [-0.2, 0) is 6.54 Å². The fraction of sp³-hybridized carbons (Fsp3) is 0.350. The van der Waals surface area contributed by atoms with Gasteiger partial charge in [0.15, 0.2) is 11.4 Å². The van der Waals surface area contributed by atoms with E-state index in [4.69, 9.17) is 11.6 Å². The highest BCUT2D eigenvalue weighted by Gasteiger charge is 2.36. The van der Waals surface area contributed by atoms with Gasteiger partial charge in [-0.2, -0.15) is 0 Å². The van der Waals surface area contributed by atoms with Crippen molar-refractivity contribution in [3.63, 3.8) is 0 Å². The molecule has 2 N–H and O–H groups in total. The summed E-state index contributed by atoms with van der Waals surface area (Å²) >= 11 is 5.74. The highest BCUT2D eigenvalue weighted by Crippen LogP contribution is 2.31. The maximum absolute atomic E-state index is 14.0. The van der Waals surface area contributed by atoms with Crippen LogP contribution in [0.25, 0.3) is 0 Å². The molecule has 1 aromatic heterocycles. The third kappa shape index (κ3) is 3.37. The molecule has 152 valence electrons. The second-order valence-corrected chi connectivity index (χ2v) is 7.68. The van der Waals surface area contributed by atoms with Gasteiger partial charge in [0.05, 0.1) is 11.1 Å². The Hall–Kier alpha value is -2.87. The van der Waals surface area contributed by atoms with Crippen molar-refractivity contribution in [1.82, 2.24) is 14.8 Å². The molecule has 2 aliphatic heterocycles. The molecule has 1 saturated heterocycles. The van der Waals surface area contributed by atoms with E-state index in [1.165, 1.54) is 22.9 Å². The fourth-order valence-electron chi connectivity index (χ4n) is 3.92. The monoisotopic (exact) mass is 419 g/mol. The molecule has 0 spiro atoms. The van der Waals surface area contributed by atoms with Crippen LogP contribution in [0.4, 0.5) is 4.39 Å². The van der Waals surface area contributed by atoms with Gasteiger partial charge in [-0.25, -0.2) is 4.39 Å². The lowest BCUT2D eigenvalue weighted by Gasteiger charge is -2.34. The molecule has 1 atom stereocenters. The highest BCUT2D eigenvalue weighted by atomic mass is 35.5. The first kappa shape index (κ1) is 19.4. The molecule has 1 fully saturated rings. The van der Waals surface area contributed by atoms with Crippen molar-refractivity contribution in [3.05, 3.63) is 62.3 Å². The molecule has 0 aliphatic carbocycles. The SMILES string of the molecule is O=C(NCc1cccc(Cl)c1F)c1cn2c(c(O)c1=O)C(=O)N1CCCCC2C1. The molecular weight excluding hydrogens is 401 g/mol. The largest absolute Gasteiger partial charge is 0.503 e. The van der Waals surface area contributed by atoms with E-state index in [0.717, 1.165) is 19.3 Å². The number of hydrogen-bond acceptors (Lipinski definition) is 4. The normalized spacial score (nSPS) is 18.2. The zero-order valence-corrected chi connectivity index (χ0v) is 16.2. The molecule has 2 bridgehead atoms. The van der Waals surface area contributed by atoms with Gasteiger partial charge in [-0.05, 0) is 25.3 Å². The van der Waals surface area contributed by atoms with E-state index in [0.29, 0.717) is 13.1 Å². The quantitative estimate of drug-likeness (QED) is 0.799. The molecule has 2 amide bonds. The number of nitrogens with zero attached hydrogens (tertiary/aromatic N) is 2. The molecule has 0 radical (unpaired) electrons. The second-order valence-electron chi connectivity index (χ2n) is 7.27. The fourth-order valence-corrected chi connectivity index (χ4v) is 4.11. The van der Waals surface area contributed by atoms with Crippen LogP contribution in [-0.4, -0.2) is 39.5 Å². The average molecular weight is 420 g/mol. The number of benzene rings is 1. The predicted octanol–water partition coefficient (Wildman–Crippen LogP) is 2.46. The van der Waals surface area contributed by atoms with E-state index in [1.807, 2.05) is 0 Å². The highest BCUT2D eigenvalue weighted by molar-refractivity contribution is 6.30. The van der Waals surface area contributed by atoms with Gasteiger partial charge >= 0.3 is 0 Å². The Labute approximate surface area is 170 Å². The maximum atomic E-state index is 14.0. The van der Waals surface area contributed by atoms with Crippen molar-refractivity contribution in [3.8, 4) is 5.75 Å². The molecule has 4 rings (SSSR count). The minimum absolute atomic E-state index is 0.0697. The van der Waals surface area contributed by atoms with Gasteiger partial charge in [0.25, 0.3) is 11.8 Å². The minimum atomic E-state index is -0.923. The van der Waals surface area contributed by atoms with E-state index < -0.39 is 28.8 Å². The van der Waals surface area contributed by atoms with Crippen molar-refractivity contribution in [2.24, 2.45) is 0 Å². The third-order valence-electron chi connectivity index (χ3n) is 5.46. The summed E-state index contributed by atoms with van der Waals surface area (Å²) in [7, 11) is 0. The molecule has 9 heteroatoms. The standard InChI is InChI=1S/C20H19ClFN3O4/c21-14-6-3-4-11(15(14)22)8-23-19(28)13-10-25-12-5-1-2-7-24(9-12)20(29)16(25)18(27)17(13)26/h3-4,6,10,12,27H,1-2,5,7-9H2,(H,23,28). The van der Waals surface area contributed by atoms with E-state index in [1.54, 1.807) is 11.0 Å². The Morgan fingerprint density at radius 2 is 2.10 bits per heavy atom. The number of aromatic nitrogens is 1. The first-order chi connectivity index (χ1) is 13.9. The summed E-state index contributed by atoms with van der Waals surface area (Å²) in [5, 5.41) is 12.8. The van der Waals surface area contributed by atoms with Crippen LogP contribution in [0.1, 0.15) is 51.7 Å². The van der Waals surface area contributed by atoms with Crippen LogP contribution in [0.5, 0.6) is 5.75 Å². The number of pyridine rings is 1. The lowest BCUT2D eigenvalue weighted by molar-refractivity contribution is 0.0677. The number of nitrogens with one attached hydrogen (secondary N) is 1. The molecule has 3 heterocycles. The Morgan fingerprint density at radius 1 is 1.31 bits per heavy atom. The van der Waals surface area contributed by atoms with Gasteiger partial charge in [-0.3, -0.25) is 14.4 Å². The Kier molecular flexibility index (Phi) is 5.04. The van der Waals surface area contributed by atoms with Gasteiger partial charge in [0.2, 0.25) is 5.43 Å². The number of carbonyl (C=O) groups is 2.